The molecule has 2 fully saturated rings. The number of hydrogen-bond donors (Lipinski definition) is 0. The van der Waals surface area contributed by atoms with Crippen LogP contribution in [-0.4, -0.2) is 94.8 Å². The number of likely N-dealkylation sites (N-methyl/N-ethyl adjacent to an activating group) is 4. The summed E-state index contributed by atoms with van der Waals surface area (Å²) < 4.78 is 0. The summed E-state index contributed by atoms with van der Waals surface area (Å²) in [6.45, 7) is 0. The van der Waals surface area contributed by atoms with Gasteiger partial charge < -0.3 is 9.80 Å². The van der Waals surface area contributed by atoms with Crippen LogP contribution < -0.4 is 0 Å². The monoisotopic (exact) mass is 852 g/mol. The highest BCUT2D eigenvalue weighted by Gasteiger charge is 2.65. The number of carbonyl (C=O) groups excluding carboxylic acids is 8. The second kappa shape index (κ2) is 18.1. The van der Waals surface area contributed by atoms with Gasteiger partial charge in [-0.05, 0) is 11.1 Å². The van der Waals surface area contributed by atoms with E-state index in [0.717, 1.165) is 9.80 Å². The van der Waals surface area contributed by atoms with Crippen LogP contribution in [0.4, 0.5) is 9.59 Å². The maximum absolute atomic E-state index is 13.9. The Morgan fingerprint density at radius 2 is 0.547 bits per heavy atom. The van der Waals surface area contributed by atoms with E-state index in [1.165, 1.54) is 38.0 Å². The lowest BCUT2D eigenvalue weighted by Gasteiger charge is -2.38. The molecule has 0 aliphatic carbocycles. The zero-order valence-electron chi connectivity index (χ0n) is 35.5. The quantitative estimate of drug-likeness (QED) is 0.0696. The van der Waals surface area contributed by atoms with Crippen molar-refractivity contribution < 1.29 is 38.4 Å². The lowest BCUT2D eigenvalue weighted by atomic mass is 9.70. The van der Waals surface area contributed by atoms with E-state index >= 15 is 0 Å². The molecule has 2 aliphatic rings. The Labute approximate surface area is 370 Å². The average Bonchev–Trinajstić information content (AvgIpc) is 3.63. The number of benzene rings is 6. The summed E-state index contributed by atoms with van der Waals surface area (Å²) in [5.41, 5.74) is -1.64. The third-order valence-corrected chi connectivity index (χ3v) is 12.0. The van der Waals surface area contributed by atoms with Crippen LogP contribution in [0.2, 0.25) is 0 Å². The fourth-order valence-electron chi connectivity index (χ4n) is 8.78. The number of rotatable bonds is 12. The van der Waals surface area contributed by atoms with E-state index < -0.39 is 69.9 Å². The van der Waals surface area contributed by atoms with Crippen molar-refractivity contribution in [2.75, 3.05) is 28.2 Å². The standard InChI is InChI=1S/2C26H22N2O4/c2*1-27-24(31)26(28(2)25(27)32,20-16-10-5-11-17-20)21(22(29)18-12-6-3-7-13-18)23(30)19-14-8-4-9-15-19/h2*3-17,21H,1-2H3/t2*26-/m10/s1. The maximum atomic E-state index is 13.9. The number of Topliss-reactive ketones (excluding diaryl/α,β-unsaturated/α-hetero) is 4. The molecular formula is C52H44N4O8. The number of hydrogen-bond acceptors (Lipinski definition) is 8. The van der Waals surface area contributed by atoms with E-state index in [0.29, 0.717) is 33.4 Å². The number of ketones is 4. The first kappa shape index (κ1) is 44.0. The van der Waals surface area contributed by atoms with Crippen molar-refractivity contribution in [3.63, 3.8) is 0 Å². The van der Waals surface area contributed by atoms with Gasteiger partial charge in [-0.2, -0.15) is 0 Å². The van der Waals surface area contributed by atoms with Gasteiger partial charge in [0.25, 0.3) is 11.8 Å². The third-order valence-electron chi connectivity index (χ3n) is 12.0. The Morgan fingerprint density at radius 3 is 0.734 bits per heavy atom. The highest BCUT2D eigenvalue weighted by atomic mass is 16.2. The molecule has 0 bridgehead atoms. The van der Waals surface area contributed by atoms with Crippen LogP contribution in [-0.2, 0) is 20.7 Å². The molecule has 0 unspecified atom stereocenters. The Balaban J connectivity index is 0.000000191. The number of amides is 6. The summed E-state index contributed by atoms with van der Waals surface area (Å²) in [5, 5.41) is 0. The van der Waals surface area contributed by atoms with Gasteiger partial charge >= 0.3 is 12.1 Å². The average molecular weight is 853 g/mol. The molecule has 6 amide bonds. The second-order valence-electron chi connectivity index (χ2n) is 15.5. The summed E-state index contributed by atoms with van der Waals surface area (Å²) in [6.07, 6.45) is 0. The normalized spacial score (nSPS) is 18.3. The van der Waals surface area contributed by atoms with Gasteiger partial charge in [0.15, 0.2) is 34.2 Å². The first-order valence-electron chi connectivity index (χ1n) is 20.4. The molecular weight excluding hydrogens is 809 g/mol. The molecule has 2 atom stereocenters. The Morgan fingerprint density at radius 1 is 0.344 bits per heavy atom. The van der Waals surface area contributed by atoms with Crippen molar-refractivity contribution >= 4 is 47.0 Å². The van der Waals surface area contributed by atoms with Gasteiger partial charge in [-0.1, -0.05) is 182 Å². The Hall–Kier alpha value is -8.12. The van der Waals surface area contributed by atoms with Crippen LogP contribution in [0.25, 0.3) is 0 Å². The predicted molar refractivity (Wildman–Crippen MR) is 238 cm³/mol. The van der Waals surface area contributed by atoms with Crippen LogP contribution >= 0.6 is 0 Å². The number of carbonyl (C=O) groups is 8. The van der Waals surface area contributed by atoms with Gasteiger partial charge in [0.05, 0.1) is 0 Å². The van der Waals surface area contributed by atoms with E-state index in [1.54, 1.807) is 182 Å². The molecule has 0 aromatic heterocycles. The minimum atomic E-state index is -1.81. The smallest absolute Gasteiger partial charge is 0.307 e. The molecule has 6 aromatic carbocycles. The summed E-state index contributed by atoms with van der Waals surface area (Å²) in [4.78, 5) is 113. The molecule has 2 saturated heterocycles. The maximum Gasteiger partial charge on any atom is 0.327 e. The molecule has 0 radical (unpaired) electrons. The first-order valence-corrected chi connectivity index (χ1v) is 20.4. The minimum absolute atomic E-state index is 0.292. The minimum Gasteiger partial charge on any atom is -0.307 e. The van der Waals surface area contributed by atoms with Gasteiger partial charge in [-0.25, -0.2) is 9.59 Å². The summed E-state index contributed by atoms with van der Waals surface area (Å²) >= 11 is 0. The zero-order valence-corrected chi connectivity index (χ0v) is 35.5. The van der Waals surface area contributed by atoms with Crippen molar-refractivity contribution in [3.05, 3.63) is 215 Å². The van der Waals surface area contributed by atoms with Gasteiger partial charge in [0.1, 0.15) is 11.8 Å². The molecule has 0 N–H and O–H groups in total. The molecule has 6 aromatic rings. The topological polar surface area (TPSA) is 150 Å². The van der Waals surface area contributed by atoms with Crippen molar-refractivity contribution in [2.45, 2.75) is 11.1 Å². The van der Waals surface area contributed by atoms with Crippen molar-refractivity contribution in [3.8, 4) is 0 Å². The Bertz CT molecular complexity index is 2440. The molecule has 12 nitrogen and oxygen atoms in total. The zero-order chi connectivity index (χ0) is 45.8. The third kappa shape index (κ3) is 7.28. The van der Waals surface area contributed by atoms with E-state index in [2.05, 4.69) is 0 Å². The van der Waals surface area contributed by atoms with Crippen LogP contribution in [0.1, 0.15) is 52.6 Å². The summed E-state index contributed by atoms with van der Waals surface area (Å²) in [7, 11) is 5.65. The van der Waals surface area contributed by atoms with Crippen LogP contribution in [0.15, 0.2) is 182 Å². The summed E-state index contributed by atoms with van der Waals surface area (Å²) in [5.74, 6) is -6.26. The number of nitrogens with zero attached hydrogens (tertiary/aromatic N) is 4. The SMILES string of the molecule is CN1C(=O)N(C)[C@@](c2ccccc2)(C(C(=O)c2ccccc2)C(=O)c2ccccc2)C1=O.CN1C(=O)N(C)[C@](c2ccccc2)(C(C(=O)c2ccccc2)C(=O)c2ccccc2)C1=O. The molecule has 320 valence electrons. The molecule has 12 heteroatoms. The fraction of sp³-hybridized carbons (Fsp3) is 0.154. The van der Waals surface area contributed by atoms with Crippen LogP contribution in [0.3, 0.4) is 0 Å². The highest BCUT2D eigenvalue weighted by Crippen LogP contribution is 2.46. The lowest BCUT2D eigenvalue weighted by molar-refractivity contribution is -0.134. The molecule has 0 saturated carbocycles. The van der Waals surface area contributed by atoms with Gasteiger partial charge in [0, 0.05) is 50.4 Å². The first-order chi connectivity index (χ1) is 30.8. The molecule has 0 spiro atoms. The lowest BCUT2D eigenvalue weighted by Crippen LogP contribution is -2.56. The molecule has 64 heavy (non-hydrogen) atoms. The Kier molecular flexibility index (Phi) is 12.4. The van der Waals surface area contributed by atoms with Gasteiger partial charge in [-0.3, -0.25) is 38.6 Å². The molecule has 8 rings (SSSR count). The van der Waals surface area contributed by atoms with Gasteiger partial charge in [0.2, 0.25) is 0 Å². The second-order valence-corrected chi connectivity index (χ2v) is 15.5. The van der Waals surface area contributed by atoms with Crippen LogP contribution in [0, 0.1) is 11.8 Å². The van der Waals surface area contributed by atoms with Crippen LogP contribution in [0.5, 0.6) is 0 Å². The molecule has 2 aliphatic heterocycles. The predicted octanol–water partition coefficient (Wildman–Crippen LogP) is 7.58. The van der Waals surface area contributed by atoms with E-state index in [4.69, 9.17) is 0 Å². The fourth-order valence-corrected chi connectivity index (χ4v) is 8.78. The van der Waals surface area contributed by atoms with E-state index in [1.807, 2.05) is 0 Å². The van der Waals surface area contributed by atoms with Crippen molar-refractivity contribution in [1.29, 1.82) is 0 Å². The number of imide groups is 2. The van der Waals surface area contributed by atoms with E-state index in [-0.39, 0.29) is 0 Å². The van der Waals surface area contributed by atoms with Gasteiger partial charge in [-0.15, -0.1) is 0 Å². The largest absolute Gasteiger partial charge is 0.327 e. The van der Waals surface area contributed by atoms with Crippen molar-refractivity contribution in [2.24, 2.45) is 11.8 Å². The highest BCUT2D eigenvalue weighted by molar-refractivity contribution is 6.24. The summed E-state index contributed by atoms with van der Waals surface area (Å²) in [6, 6.07) is 49.5. The van der Waals surface area contributed by atoms with E-state index in [9.17, 15) is 38.4 Å². The number of urea groups is 2. The van der Waals surface area contributed by atoms with Crippen molar-refractivity contribution in [1.82, 2.24) is 19.6 Å². The molecule has 2 heterocycles.